The number of amides is 6. The normalized spacial score (nSPS) is 22.4. The molecule has 13 atom stereocenters. The maximum absolute atomic E-state index is 14.9. The van der Waals surface area contributed by atoms with Crippen LogP contribution in [0.5, 0.6) is 0 Å². The lowest BCUT2D eigenvalue weighted by molar-refractivity contribution is -0.149. The SMILES string of the molecule is CCC(C)C(C(CC(=O)N1CCC[C@H]1C(OC)C(C)C(=O)NC(Cc1ccccc1)C(=O)O)OC)N(C)C(=O)C(NC(=O)[C@@H]1[C@H]2CC[C@H](C2)N1C(=O)CCCCCNC(=O)C1C[N@]1C(c1ccccc1)(c1ccccc1)c1ccccc1)C(C)C. The van der Waals surface area contributed by atoms with E-state index in [-0.39, 0.29) is 78.6 Å². The summed E-state index contributed by atoms with van der Waals surface area (Å²) in [6.07, 6.45) is 5.18. The third kappa shape index (κ3) is 14.5. The molecule has 4 aliphatic rings. The Kier molecular flexibility index (Phi) is 22.2. The fraction of sp³-hybridized carbons (Fsp3) is 0.544. The van der Waals surface area contributed by atoms with Crippen LogP contribution in [0.1, 0.15) is 128 Å². The van der Waals surface area contributed by atoms with Crippen molar-refractivity contribution in [3.05, 3.63) is 144 Å². The first-order chi connectivity index (χ1) is 41.0. The zero-order valence-corrected chi connectivity index (χ0v) is 51.1. The van der Waals surface area contributed by atoms with Gasteiger partial charge in [0, 0.05) is 59.8 Å². The number of hydrogen-bond donors (Lipinski definition) is 4. The number of carboxylic acid groups (broad SMARTS) is 1. The standard InChI is InChI=1S/C68H91N7O10/c1-9-45(4)60(56(84-7)42-58(77)73-39-25-34-54(73)62(85-8)46(5)63(78)70-53(67(82)83)40-47-26-15-10-16-27-47)72(6)66(81)59(44(2)3)71-65(80)61-48-36-37-52(41-48)75(61)57(76)35-23-14-24-38-69-64(79)55-43-74(55)68(49-28-17-11-18-29-49,50-30-19-12-20-31-50)51-32-21-13-22-33-51/h10-13,15-22,26-33,44-46,48,52-56,59-62H,9,14,23-25,34-43H2,1-8H3,(H,69,79)(H,70,78)(H,71,80)(H,82,83)/t45?,46?,48-,52+,53?,54-,55?,56?,59?,60?,61-,62?,74-/m0/s1. The van der Waals surface area contributed by atoms with Crippen molar-refractivity contribution in [3.8, 4) is 0 Å². The number of rotatable bonds is 30. The summed E-state index contributed by atoms with van der Waals surface area (Å²) in [6, 6.07) is 36.0. The highest BCUT2D eigenvalue weighted by Crippen LogP contribution is 2.48. The summed E-state index contributed by atoms with van der Waals surface area (Å²) in [5.74, 6) is -3.86. The number of piperidine rings is 1. The first-order valence-corrected chi connectivity index (χ1v) is 31.0. The fourth-order valence-corrected chi connectivity index (χ4v) is 14.1. The van der Waals surface area contributed by atoms with Crippen molar-refractivity contribution in [1.82, 2.24) is 35.6 Å². The maximum Gasteiger partial charge on any atom is 0.326 e. The lowest BCUT2D eigenvalue weighted by Gasteiger charge is -2.41. The van der Waals surface area contributed by atoms with Crippen LogP contribution >= 0.6 is 0 Å². The lowest BCUT2D eigenvalue weighted by atomic mass is 9.76. The number of nitrogens with zero attached hydrogens (tertiary/aromatic N) is 4. The summed E-state index contributed by atoms with van der Waals surface area (Å²) >= 11 is 0. The van der Waals surface area contributed by atoms with Gasteiger partial charge in [0.05, 0.1) is 42.2 Å². The van der Waals surface area contributed by atoms with E-state index in [0.717, 1.165) is 47.9 Å². The first kappa shape index (κ1) is 64.1. The van der Waals surface area contributed by atoms with Gasteiger partial charge in [-0.1, -0.05) is 169 Å². The van der Waals surface area contributed by atoms with Crippen molar-refractivity contribution in [2.24, 2.45) is 23.7 Å². The fourth-order valence-electron chi connectivity index (χ4n) is 14.1. The maximum atomic E-state index is 14.9. The van der Waals surface area contributed by atoms with Gasteiger partial charge in [0.1, 0.15) is 24.2 Å². The molecular weight excluding hydrogens is 1070 g/mol. The van der Waals surface area contributed by atoms with E-state index in [1.54, 1.807) is 28.7 Å². The molecule has 85 heavy (non-hydrogen) atoms. The van der Waals surface area contributed by atoms with E-state index in [1.807, 2.05) is 113 Å². The minimum absolute atomic E-state index is 0.0151. The number of carbonyl (C=O) groups is 7. The molecule has 3 aliphatic heterocycles. The summed E-state index contributed by atoms with van der Waals surface area (Å²) in [4.78, 5) is 105. The number of likely N-dealkylation sites (N-methyl/N-ethyl adjacent to an activating group) is 1. The third-order valence-corrected chi connectivity index (χ3v) is 18.8. The molecule has 8 rings (SSSR count). The van der Waals surface area contributed by atoms with Crippen LogP contribution in [-0.4, -0.2) is 162 Å². The second kappa shape index (κ2) is 29.4. The molecule has 3 heterocycles. The van der Waals surface area contributed by atoms with E-state index in [2.05, 4.69) is 57.2 Å². The molecule has 1 saturated carbocycles. The Morgan fingerprint density at radius 2 is 1.33 bits per heavy atom. The predicted molar refractivity (Wildman–Crippen MR) is 326 cm³/mol. The van der Waals surface area contributed by atoms with Gasteiger partial charge in [-0.25, -0.2) is 4.79 Å². The Morgan fingerprint density at radius 3 is 1.88 bits per heavy atom. The second-order valence-electron chi connectivity index (χ2n) is 24.5. The lowest BCUT2D eigenvalue weighted by Crippen LogP contribution is -2.60. The third-order valence-electron chi connectivity index (χ3n) is 18.8. The molecule has 4 fully saturated rings. The number of methoxy groups -OCH3 is 2. The van der Waals surface area contributed by atoms with Gasteiger partial charge < -0.3 is 45.2 Å². The van der Waals surface area contributed by atoms with Gasteiger partial charge in [0.15, 0.2) is 0 Å². The van der Waals surface area contributed by atoms with Gasteiger partial charge in [-0.05, 0) is 85.0 Å². The Morgan fingerprint density at radius 1 is 0.729 bits per heavy atom. The number of likely N-dealkylation sites (tertiary alicyclic amines) is 2. The van der Waals surface area contributed by atoms with Gasteiger partial charge in [0.25, 0.3) is 0 Å². The predicted octanol–water partition coefficient (Wildman–Crippen LogP) is 7.59. The Hall–Kier alpha value is -6.95. The number of nitrogens with one attached hydrogen (secondary N) is 3. The number of fused-ring (bicyclic) bond motifs is 2. The van der Waals surface area contributed by atoms with Crippen LogP contribution in [0.15, 0.2) is 121 Å². The van der Waals surface area contributed by atoms with E-state index in [9.17, 15) is 38.7 Å². The molecular formula is C68H91N7O10. The molecule has 0 spiro atoms. The zero-order valence-electron chi connectivity index (χ0n) is 51.1. The quantitative estimate of drug-likeness (QED) is 0.0227. The van der Waals surface area contributed by atoms with Gasteiger partial charge >= 0.3 is 5.97 Å². The molecule has 4 aromatic carbocycles. The average Bonchev–Trinajstić information content (AvgIpc) is 2.58. The first-order valence-electron chi connectivity index (χ1n) is 31.0. The second-order valence-corrected chi connectivity index (χ2v) is 24.5. The van der Waals surface area contributed by atoms with Crippen LogP contribution in [0.3, 0.4) is 0 Å². The highest BCUT2D eigenvalue weighted by atomic mass is 16.5. The highest BCUT2D eigenvalue weighted by molar-refractivity contribution is 5.93. The molecule has 8 unspecified atom stereocenters. The number of aliphatic carboxylic acids is 1. The number of ether oxygens (including phenoxy) is 2. The Balaban J connectivity index is 0.847. The number of unbranched alkanes of at least 4 members (excludes halogenated alkanes) is 2. The minimum atomic E-state index is -1.16. The van der Waals surface area contributed by atoms with E-state index in [0.29, 0.717) is 51.7 Å². The molecule has 2 bridgehead atoms. The summed E-state index contributed by atoms with van der Waals surface area (Å²) in [6.45, 7) is 11.0. The molecule has 4 aromatic rings. The summed E-state index contributed by atoms with van der Waals surface area (Å²) in [7, 11) is 4.73. The van der Waals surface area contributed by atoms with E-state index in [4.69, 9.17) is 9.47 Å². The molecule has 4 N–H and O–H groups in total. The molecule has 3 saturated heterocycles. The van der Waals surface area contributed by atoms with Crippen LogP contribution in [0.2, 0.25) is 0 Å². The molecule has 17 heteroatoms. The molecule has 1 aliphatic carbocycles. The highest BCUT2D eigenvalue weighted by Gasteiger charge is 2.56. The average molecular weight is 1170 g/mol. The van der Waals surface area contributed by atoms with Crippen LogP contribution in [0.4, 0.5) is 0 Å². The summed E-state index contributed by atoms with van der Waals surface area (Å²) in [5, 5.41) is 19.0. The number of benzene rings is 4. The smallest absolute Gasteiger partial charge is 0.326 e. The van der Waals surface area contributed by atoms with Crippen LogP contribution in [0.25, 0.3) is 0 Å². The monoisotopic (exact) mass is 1170 g/mol. The molecule has 458 valence electrons. The Labute approximate surface area is 502 Å². The van der Waals surface area contributed by atoms with E-state index in [1.165, 1.54) is 14.2 Å². The van der Waals surface area contributed by atoms with Crippen molar-refractivity contribution < 1.29 is 48.1 Å². The molecule has 0 aromatic heterocycles. The van der Waals surface area contributed by atoms with Crippen molar-refractivity contribution in [1.29, 1.82) is 0 Å². The van der Waals surface area contributed by atoms with Crippen molar-refractivity contribution in [3.63, 3.8) is 0 Å². The molecule has 17 nitrogen and oxygen atoms in total. The van der Waals surface area contributed by atoms with Gasteiger partial charge in [-0.2, -0.15) is 0 Å². The van der Waals surface area contributed by atoms with Gasteiger partial charge in [0.2, 0.25) is 35.4 Å². The topological polar surface area (TPSA) is 207 Å². The van der Waals surface area contributed by atoms with Gasteiger partial charge in [-0.3, -0.25) is 33.7 Å². The molecule has 0 radical (unpaired) electrons. The van der Waals surface area contributed by atoms with Crippen molar-refractivity contribution in [2.75, 3.05) is 40.9 Å². The van der Waals surface area contributed by atoms with E-state index < -0.39 is 65.8 Å². The zero-order chi connectivity index (χ0) is 61.0. The Bertz CT molecular complexity index is 2780. The largest absolute Gasteiger partial charge is 0.480 e. The van der Waals surface area contributed by atoms with Crippen LogP contribution in [-0.2, 0) is 55.0 Å². The van der Waals surface area contributed by atoms with Gasteiger partial charge in [-0.15, -0.1) is 0 Å². The summed E-state index contributed by atoms with van der Waals surface area (Å²) < 4.78 is 12.1. The minimum Gasteiger partial charge on any atom is -0.480 e. The van der Waals surface area contributed by atoms with Crippen LogP contribution in [0, 0.1) is 23.7 Å². The number of hydrogen-bond acceptors (Lipinski definition) is 10. The molecule has 6 amide bonds. The van der Waals surface area contributed by atoms with E-state index >= 15 is 0 Å². The number of carbonyl (C=O) groups excluding carboxylic acids is 6. The summed E-state index contributed by atoms with van der Waals surface area (Å²) in [5.41, 5.74) is 3.38. The number of carboxylic acids is 1. The van der Waals surface area contributed by atoms with Crippen molar-refractivity contribution in [2.45, 2.75) is 172 Å². The van der Waals surface area contributed by atoms with Crippen LogP contribution < -0.4 is 16.0 Å². The van der Waals surface area contributed by atoms with Crippen molar-refractivity contribution >= 4 is 41.4 Å².